The fraction of sp³-hybridized carbons (Fsp3) is 0.0833. The average Bonchev–Trinajstić information content (AvgIpc) is 2.67. The molecule has 1 aromatic heterocycles. The summed E-state index contributed by atoms with van der Waals surface area (Å²) in [6.45, 7) is 0. The predicted molar refractivity (Wildman–Crippen MR) is 54.8 cm³/mol. The lowest BCUT2D eigenvalue weighted by Gasteiger charge is -1.99. The highest BCUT2D eigenvalue weighted by Crippen LogP contribution is 2.10. The molecule has 1 N–H and O–H groups in total. The Balaban J connectivity index is 2.23. The normalized spacial score (nSPS) is 10.0. The van der Waals surface area contributed by atoms with Crippen LogP contribution in [-0.2, 0) is 11.2 Å². The molecule has 0 bridgehead atoms. The van der Waals surface area contributed by atoms with E-state index >= 15 is 0 Å². The van der Waals surface area contributed by atoms with E-state index in [-0.39, 0.29) is 0 Å². The summed E-state index contributed by atoms with van der Waals surface area (Å²) >= 11 is 0. The lowest BCUT2D eigenvalue weighted by molar-refractivity contribution is 0.562. The van der Waals surface area contributed by atoms with Crippen LogP contribution < -0.4 is 0 Å². The van der Waals surface area contributed by atoms with E-state index in [1.807, 2.05) is 36.6 Å². The summed E-state index contributed by atoms with van der Waals surface area (Å²) in [5.74, 6) is 0. The molecule has 2 nitrogen and oxygen atoms in total. The van der Waals surface area contributed by atoms with Gasteiger partial charge in [-0.05, 0) is 11.6 Å². The van der Waals surface area contributed by atoms with Gasteiger partial charge >= 0.3 is 0 Å². The van der Waals surface area contributed by atoms with Crippen molar-refractivity contribution in [2.45, 2.75) is 6.42 Å². The highest BCUT2D eigenvalue weighted by molar-refractivity contribution is 5.77. The summed E-state index contributed by atoms with van der Waals surface area (Å²) in [5.41, 5.74) is 2.73. The molecule has 0 unspecified atom stereocenters. The summed E-state index contributed by atoms with van der Waals surface area (Å²) < 4.78 is 0. The van der Waals surface area contributed by atoms with Gasteiger partial charge in [-0.3, -0.25) is 4.79 Å². The Kier molecular flexibility index (Phi) is 2.45. The third-order valence-electron chi connectivity index (χ3n) is 2.17. The molecule has 0 aliphatic carbocycles. The van der Waals surface area contributed by atoms with Crippen LogP contribution in [0.1, 0.15) is 16.8 Å². The van der Waals surface area contributed by atoms with Gasteiger partial charge in [0, 0.05) is 23.9 Å². The van der Waals surface area contributed by atoms with Crippen molar-refractivity contribution in [3.05, 3.63) is 59.4 Å². The molecule has 0 spiro atoms. The van der Waals surface area contributed by atoms with Crippen molar-refractivity contribution in [2.24, 2.45) is 0 Å². The van der Waals surface area contributed by atoms with Crippen LogP contribution in [0.5, 0.6) is 0 Å². The molecule has 0 aliphatic heterocycles. The summed E-state index contributed by atoms with van der Waals surface area (Å²) in [6, 6.07) is 11.8. The maximum Gasteiger partial charge on any atom is 0.235 e. The highest BCUT2D eigenvalue weighted by Gasteiger charge is 2.03. The summed E-state index contributed by atoms with van der Waals surface area (Å²) in [7, 11) is 0. The minimum absolute atomic E-state index is 0.619. The molecule has 2 aromatic rings. The summed E-state index contributed by atoms with van der Waals surface area (Å²) in [4.78, 5) is 13.6. The molecular weight excluding hydrogens is 174 g/mol. The van der Waals surface area contributed by atoms with Gasteiger partial charge in [-0.15, -0.1) is 0 Å². The Bertz CT molecular complexity index is 417. The van der Waals surface area contributed by atoms with E-state index in [4.69, 9.17) is 0 Å². The maximum atomic E-state index is 10.5. The monoisotopic (exact) mass is 184 g/mol. The zero-order chi connectivity index (χ0) is 9.80. The van der Waals surface area contributed by atoms with Gasteiger partial charge in [0.15, 0.2) is 0 Å². The molecule has 69 valence electrons. The second-order valence-electron chi connectivity index (χ2n) is 3.13. The Morgan fingerprint density at radius 3 is 2.64 bits per heavy atom. The van der Waals surface area contributed by atoms with Crippen molar-refractivity contribution >= 4 is 6.29 Å². The minimum atomic E-state index is 0.619. The first kappa shape index (κ1) is 8.75. The Morgan fingerprint density at radius 1 is 1.14 bits per heavy atom. The van der Waals surface area contributed by atoms with E-state index in [0.29, 0.717) is 5.56 Å². The molecule has 1 aromatic carbocycles. The Hall–Kier alpha value is -1.83. The Morgan fingerprint density at radius 2 is 1.93 bits per heavy atom. The summed E-state index contributed by atoms with van der Waals surface area (Å²) in [5, 5.41) is 0. The second kappa shape index (κ2) is 3.92. The van der Waals surface area contributed by atoms with Crippen molar-refractivity contribution in [1.29, 1.82) is 0 Å². The SMILES string of the molecule is O=[C]c1cc[nH]c1Cc1ccccc1. The number of aromatic nitrogens is 1. The molecule has 0 fully saturated rings. The largest absolute Gasteiger partial charge is 0.364 e. The van der Waals surface area contributed by atoms with Gasteiger partial charge in [-0.2, -0.15) is 0 Å². The van der Waals surface area contributed by atoms with Crippen LogP contribution in [0.25, 0.3) is 0 Å². The van der Waals surface area contributed by atoms with Gasteiger partial charge in [0.1, 0.15) is 0 Å². The molecule has 2 rings (SSSR count). The fourth-order valence-electron chi connectivity index (χ4n) is 1.45. The van der Waals surface area contributed by atoms with Crippen LogP contribution in [0.4, 0.5) is 0 Å². The molecule has 1 heterocycles. The van der Waals surface area contributed by atoms with Crippen molar-refractivity contribution in [3.8, 4) is 0 Å². The quantitative estimate of drug-likeness (QED) is 0.778. The van der Waals surface area contributed by atoms with Gasteiger partial charge in [0.2, 0.25) is 6.29 Å². The lowest BCUT2D eigenvalue weighted by Crippen LogP contribution is -1.92. The van der Waals surface area contributed by atoms with Crippen LogP contribution in [0.3, 0.4) is 0 Å². The molecule has 0 aliphatic rings. The summed E-state index contributed by atoms with van der Waals surface area (Å²) in [6.07, 6.45) is 4.43. The third kappa shape index (κ3) is 1.74. The number of hydrogen-bond acceptors (Lipinski definition) is 1. The number of rotatable bonds is 3. The second-order valence-corrected chi connectivity index (χ2v) is 3.13. The maximum absolute atomic E-state index is 10.5. The molecule has 2 heteroatoms. The third-order valence-corrected chi connectivity index (χ3v) is 2.17. The zero-order valence-corrected chi connectivity index (χ0v) is 7.66. The smallest absolute Gasteiger partial charge is 0.235 e. The van der Waals surface area contributed by atoms with Crippen LogP contribution >= 0.6 is 0 Å². The van der Waals surface area contributed by atoms with Crippen molar-refractivity contribution in [2.75, 3.05) is 0 Å². The van der Waals surface area contributed by atoms with E-state index < -0.39 is 0 Å². The van der Waals surface area contributed by atoms with E-state index in [0.717, 1.165) is 12.1 Å². The fourth-order valence-corrected chi connectivity index (χ4v) is 1.45. The lowest BCUT2D eigenvalue weighted by atomic mass is 10.1. The molecule has 1 radical (unpaired) electrons. The molecule has 0 amide bonds. The van der Waals surface area contributed by atoms with Crippen LogP contribution in [0, 0.1) is 0 Å². The van der Waals surface area contributed by atoms with Gasteiger partial charge in [0.05, 0.1) is 0 Å². The minimum Gasteiger partial charge on any atom is -0.364 e. The zero-order valence-electron chi connectivity index (χ0n) is 7.66. The number of nitrogens with one attached hydrogen (secondary N) is 1. The highest BCUT2D eigenvalue weighted by atomic mass is 16.1. The number of benzene rings is 1. The number of aromatic amines is 1. The molecular formula is C12H10NO. The average molecular weight is 184 g/mol. The molecule has 0 saturated carbocycles. The molecule has 14 heavy (non-hydrogen) atoms. The number of carbonyl (C=O) groups excluding carboxylic acids is 1. The first-order valence-corrected chi connectivity index (χ1v) is 4.48. The topological polar surface area (TPSA) is 32.9 Å². The van der Waals surface area contributed by atoms with Crippen molar-refractivity contribution in [1.82, 2.24) is 4.98 Å². The van der Waals surface area contributed by atoms with Crippen LogP contribution in [0.15, 0.2) is 42.6 Å². The number of hydrogen-bond donors (Lipinski definition) is 1. The van der Waals surface area contributed by atoms with Crippen LogP contribution in [0.2, 0.25) is 0 Å². The van der Waals surface area contributed by atoms with Gasteiger partial charge in [-0.25, -0.2) is 0 Å². The Labute approximate surface area is 82.6 Å². The molecule has 0 saturated heterocycles. The van der Waals surface area contributed by atoms with E-state index in [1.165, 1.54) is 5.56 Å². The van der Waals surface area contributed by atoms with Gasteiger partial charge in [0.25, 0.3) is 0 Å². The molecule has 0 atom stereocenters. The van der Waals surface area contributed by atoms with Crippen LogP contribution in [-0.4, -0.2) is 11.3 Å². The van der Waals surface area contributed by atoms with Crippen molar-refractivity contribution in [3.63, 3.8) is 0 Å². The predicted octanol–water partition coefficient (Wildman–Crippen LogP) is 2.06. The first-order chi connectivity index (χ1) is 6.90. The van der Waals surface area contributed by atoms with Crippen molar-refractivity contribution < 1.29 is 4.79 Å². The van der Waals surface area contributed by atoms with Gasteiger partial charge < -0.3 is 4.98 Å². The first-order valence-electron chi connectivity index (χ1n) is 4.48. The van der Waals surface area contributed by atoms with E-state index in [1.54, 1.807) is 12.3 Å². The van der Waals surface area contributed by atoms with Gasteiger partial charge in [-0.1, -0.05) is 30.3 Å². The number of H-pyrrole nitrogens is 1. The standard InChI is InChI=1S/C12H10NO/c14-9-11-6-7-13-12(11)8-10-4-2-1-3-5-10/h1-7,13H,8H2. The van der Waals surface area contributed by atoms with E-state index in [9.17, 15) is 4.79 Å². The van der Waals surface area contributed by atoms with E-state index in [2.05, 4.69) is 4.98 Å².